The molecule has 0 N–H and O–H groups in total. The number of aromatic nitrogens is 2. The first-order chi connectivity index (χ1) is 14.3. The number of halogens is 2. The quantitative estimate of drug-likeness (QED) is 0.536. The Labute approximate surface area is 177 Å². The molecule has 0 bridgehead atoms. The molecule has 1 unspecified atom stereocenters. The van der Waals surface area contributed by atoms with Gasteiger partial charge >= 0.3 is 6.01 Å². The van der Waals surface area contributed by atoms with Gasteiger partial charge < -0.3 is 9.42 Å². The van der Waals surface area contributed by atoms with Gasteiger partial charge in [-0.15, -0.1) is 0 Å². The van der Waals surface area contributed by atoms with E-state index in [1.165, 1.54) is 17.7 Å². The van der Waals surface area contributed by atoms with E-state index in [4.69, 9.17) is 4.52 Å². The highest BCUT2D eigenvalue weighted by molar-refractivity contribution is 8.12. The predicted molar refractivity (Wildman–Crippen MR) is 117 cm³/mol. The summed E-state index contributed by atoms with van der Waals surface area (Å²) in [5.74, 6) is 2.02. The van der Waals surface area contributed by atoms with E-state index in [1.807, 2.05) is 31.2 Å². The van der Waals surface area contributed by atoms with Gasteiger partial charge in [-0.2, -0.15) is 4.98 Å². The van der Waals surface area contributed by atoms with E-state index < -0.39 is 16.6 Å². The zero-order valence-corrected chi connectivity index (χ0v) is 17.8. The Morgan fingerprint density at radius 2 is 1.63 bits per heavy atom. The van der Waals surface area contributed by atoms with Crippen LogP contribution in [0.3, 0.4) is 0 Å². The van der Waals surface area contributed by atoms with Crippen molar-refractivity contribution < 1.29 is 13.3 Å². The van der Waals surface area contributed by atoms with Crippen LogP contribution in [0.1, 0.15) is 18.1 Å². The number of hydrogen-bond donors (Lipinski definition) is 0. The Morgan fingerprint density at radius 3 is 2.23 bits per heavy atom. The lowest BCUT2D eigenvalue weighted by molar-refractivity contribution is 0.0174. The number of piperazine rings is 1. The first kappa shape index (κ1) is 20.7. The van der Waals surface area contributed by atoms with Gasteiger partial charge in [-0.25, -0.2) is 13.1 Å². The maximum Gasteiger partial charge on any atom is 0.324 e. The number of aryl methyl sites for hydroxylation is 1. The highest BCUT2D eigenvalue weighted by Crippen LogP contribution is 2.34. The molecule has 5 nitrogen and oxygen atoms in total. The van der Waals surface area contributed by atoms with Gasteiger partial charge in [-0.05, 0) is 19.1 Å². The molecular weight excluding hydrogens is 406 g/mol. The van der Waals surface area contributed by atoms with E-state index in [0.29, 0.717) is 11.8 Å². The second kappa shape index (κ2) is 8.28. The van der Waals surface area contributed by atoms with Gasteiger partial charge in [0.1, 0.15) is 0 Å². The van der Waals surface area contributed by atoms with Gasteiger partial charge in [0.25, 0.3) is 5.92 Å². The summed E-state index contributed by atoms with van der Waals surface area (Å²) in [7, 11) is -0.408. The predicted octanol–water partition coefficient (Wildman–Crippen LogP) is 4.95. The zero-order chi connectivity index (χ0) is 21.3. The van der Waals surface area contributed by atoms with Crippen LogP contribution in [0.25, 0.3) is 11.4 Å². The number of benzene rings is 2. The molecule has 1 saturated heterocycles. The van der Waals surface area contributed by atoms with Crippen LogP contribution in [0, 0.1) is 6.92 Å². The van der Waals surface area contributed by atoms with Crippen molar-refractivity contribution in [3.05, 3.63) is 59.7 Å². The second-order valence-electron chi connectivity index (χ2n) is 7.46. The van der Waals surface area contributed by atoms with Crippen LogP contribution >= 0.6 is 10.7 Å². The van der Waals surface area contributed by atoms with Crippen molar-refractivity contribution in [1.29, 1.82) is 0 Å². The topological polar surface area (TPSA) is 45.4 Å². The molecule has 8 heteroatoms. The third-order valence-corrected chi connectivity index (χ3v) is 6.98. The summed E-state index contributed by atoms with van der Waals surface area (Å²) in [6, 6.07) is 15.0. The first-order valence-corrected chi connectivity index (χ1v) is 11.1. The molecular formula is C22H24F2N4OS. The Balaban J connectivity index is 1.38. The molecule has 1 aromatic heterocycles. The van der Waals surface area contributed by atoms with Crippen molar-refractivity contribution in [3.63, 3.8) is 0 Å². The van der Waals surface area contributed by atoms with Crippen molar-refractivity contribution in [2.45, 2.75) is 24.7 Å². The molecule has 2 aromatic carbocycles. The average molecular weight is 431 g/mol. The van der Waals surface area contributed by atoms with Crippen LogP contribution in [0.5, 0.6) is 0 Å². The van der Waals surface area contributed by atoms with Crippen LogP contribution in [0.4, 0.5) is 14.8 Å². The molecule has 0 saturated carbocycles. The van der Waals surface area contributed by atoms with Crippen LogP contribution in [0.2, 0.25) is 0 Å². The van der Waals surface area contributed by atoms with Crippen molar-refractivity contribution >= 4 is 22.6 Å². The lowest BCUT2D eigenvalue weighted by Crippen LogP contribution is -2.44. The van der Waals surface area contributed by atoms with Gasteiger partial charge in [-0.1, -0.05) is 63.7 Å². The number of hydrogen-bond acceptors (Lipinski definition) is 5. The lowest BCUT2D eigenvalue weighted by atomic mass is 10.1. The summed E-state index contributed by atoms with van der Waals surface area (Å²) in [6.07, 6.45) is 0. The zero-order valence-electron chi connectivity index (χ0n) is 17.0. The fourth-order valence-electron chi connectivity index (χ4n) is 3.32. The molecule has 30 heavy (non-hydrogen) atoms. The van der Waals surface area contributed by atoms with Crippen LogP contribution < -0.4 is 4.90 Å². The van der Waals surface area contributed by atoms with E-state index >= 15 is 0 Å². The van der Waals surface area contributed by atoms with Crippen LogP contribution in [-0.2, 0) is 5.92 Å². The Kier molecular flexibility index (Phi) is 5.71. The Morgan fingerprint density at radius 1 is 1.00 bits per heavy atom. The number of anilines is 1. The van der Waals surface area contributed by atoms with Gasteiger partial charge in [-0.3, -0.25) is 0 Å². The smallest absolute Gasteiger partial charge is 0.322 e. The molecule has 1 aliphatic heterocycles. The van der Waals surface area contributed by atoms with E-state index in [1.54, 1.807) is 12.1 Å². The highest BCUT2D eigenvalue weighted by atomic mass is 32.2. The molecule has 1 fully saturated rings. The van der Waals surface area contributed by atoms with Crippen molar-refractivity contribution in [2.75, 3.05) is 31.1 Å². The second-order valence-corrected chi connectivity index (χ2v) is 9.18. The number of nitrogens with zero attached hydrogens (tertiary/aromatic N) is 4. The van der Waals surface area contributed by atoms with Crippen molar-refractivity contribution in [1.82, 2.24) is 14.4 Å². The summed E-state index contributed by atoms with van der Waals surface area (Å²) in [5.41, 5.74) is 2.13. The maximum absolute atomic E-state index is 13.4. The van der Waals surface area contributed by atoms with Gasteiger partial charge in [0.15, 0.2) is 0 Å². The fourth-order valence-corrected chi connectivity index (χ4v) is 4.67. The summed E-state index contributed by atoms with van der Waals surface area (Å²) in [6.45, 7) is 5.97. The van der Waals surface area contributed by atoms with E-state index in [2.05, 4.69) is 25.2 Å². The third kappa shape index (κ3) is 4.44. The monoisotopic (exact) mass is 430 g/mol. The molecule has 4 rings (SSSR count). The van der Waals surface area contributed by atoms with E-state index in [9.17, 15) is 8.78 Å². The first-order valence-electron chi connectivity index (χ1n) is 9.74. The van der Waals surface area contributed by atoms with Crippen molar-refractivity contribution in [2.24, 2.45) is 0 Å². The standard InChI is InChI=1S/C22H24F2N4OS/c1-16-4-6-17(7-5-16)20-25-21(29-26-20)27-12-14-28(15-13-27)30(3)19-10-8-18(9-11-19)22(2,23)24/h4-11H,3,12-15H2,1-2H3. The molecule has 2 heterocycles. The summed E-state index contributed by atoms with van der Waals surface area (Å²) in [4.78, 5) is 7.56. The minimum atomic E-state index is -2.83. The molecule has 158 valence electrons. The Hall–Kier alpha value is -2.58. The number of alkyl halides is 2. The van der Waals surface area contributed by atoms with Gasteiger partial charge in [0.05, 0.1) is 0 Å². The number of rotatable bonds is 5. The molecule has 0 spiro atoms. The molecule has 1 atom stereocenters. The van der Waals surface area contributed by atoms with E-state index in [-0.39, 0.29) is 5.56 Å². The van der Waals surface area contributed by atoms with Crippen molar-refractivity contribution in [3.8, 4) is 11.4 Å². The van der Waals surface area contributed by atoms with Gasteiger partial charge in [0, 0.05) is 49.1 Å². The molecule has 0 amide bonds. The van der Waals surface area contributed by atoms with Crippen LogP contribution in [0.15, 0.2) is 57.9 Å². The summed E-state index contributed by atoms with van der Waals surface area (Å²) in [5, 5.41) is 4.11. The Bertz CT molecular complexity index is 1020. The molecule has 3 aromatic rings. The third-order valence-electron chi connectivity index (χ3n) is 5.18. The maximum atomic E-state index is 13.4. The average Bonchev–Trinajstić information content (AvgIpc) is 3.24. The molecule has 0 radical (unpaired) electrons. The van der Waals surface area contributed by atoms with Crippen LogP contribution in [-0.4, -0.2) is 46.5 Å². The minimum absolute atomic E-state index is 0.0221. The SMILES string of the molecule is C=S(c1ccc(C(C)(F)F)cc1)N1CCN(c2nc(-c3ccc(C)cc3)no2)CC1. The summed E-state index contributed by atoms with van der Waals surface area (Å²) >= 11 is 0. The molecule has 0 aliphatic carbocycles. The normalized spacial score (nSPS) is 16.6. The van der Waals surface area contributed by atoms with E-state index in [0.717, 1.165) is 43.6 Å². The molecule has 1 aliphatic rings. The fraction of sp³-hybridized carbons (Fsp3) is 0.318. The largest absolute Gasteiger partial charge is 0.324 e. The lowest BCUT2D eigenvalue weighted by Gasteiger charge is -2.35. The highest BCUT2D eigenvalue weighted by Gasteiger charge is 2.25. The van der Waals surface area contributed by atoms with Gasteiger partial charge in [0.2, 0.25) is 5.82 Å². The summed E-state index contributed by atoms with van der Waals surface area (Å²) < 4.78 is 34.6. The minimum Gasteiger partial charge on any atom is -0.322 e.